The molecule has 0 unspecified atom stereocenters. The molecule has 7 heteroatoms. The molecule has 326 valence electrons. The highest BCUT2D eigenvalue weighted by molar-refractivity contribution is 6.18. The Balaban J connectivity index is 0.947. The van der Waals surface area contributed by atoms with E-state index in [0.717, 1.165) is 116 Å². The summed E-state index contributed by atoms with van der Waals surface area (Å²) < 4.78 is 22.1. The maximum atomic E-state index is 6.71. The molecule has 10 aromatic carbocycles. The fraction of sp³-hybridized carbons (Fsp3) is 0. The van der Waals surface area contributed by atoms with Crippen LogP contribution >= 0.6 is 0 Å². The van der Waals surface area contributed by atoms with E-state index >= 15 is 0 Å². The van der Waals surface area contributed by atoms with E-state index in [1.54, 1.807) is 0 Å². The molecule has 0 spiro atoms. The summed E-state index contributed by atoms with van der Waals surface area (Å²) >= 11 is 0. The van der Waals surface area contributed by atoms with E-state index in [9.17, 15) is 0 Å². The van der Waals surface area contributed by atoms with Gasteiger partial charge in [0.2, 0.25) is 0 Å². The highest BCUT2D eigenvalue weighted by Gasteiger charge is 2.23. The van der Waals surface area contributed by atoms with Crippen LogP contribution in [0.1, 0.15) is 0 Å². The van der Waals surface area contributed by atoms with E-state index in [-0.39, 0.29) is 0 Å². The molecule has 0 fully saturated rings. The van der Waals surface area contributed by atoms with Crippen LogP contribution in [0, 0.1) is 0 Å². The van der Waals surface area contributed by atoms with Gasteiger partial charge in [-0.25, -0.2) is 15.0 Å². The Morgan fingerprint density at radius 1 is 0.271 bits per heavy atom. The molecule has 0 radical (unpaired) electrons. The Hall–Kier alpha value is -9.59. The van der Waals surface area contributed by atoms with Gasteiger partial charge in [-0.3, -0.25) is 0 Å². The van der Waals surface area contributed by atoms with Crippen LogP contribution < -0.4 is 0 Å². The van der Waals surface area contributed by atoms with Gasteiger partial charge in [-0.15, -0.1) is 0 Å². The number of fused-ring (bicyclic) bond motifs is 12. The van der Waals surface area contributed by atoms with Crippen molar-refractivity contribution in [1.29, 1.82) is 0 Å². The lowest BCUT2D eigenvalue weighted by Gasteiger charge is -2.11. The van der Waals surface area contributed by atoms with Gasteiger partial charge in [-0.2, -0.15) is 0 Å². The third-order valence-corrected chi connectivity index (χ3v) is 13.9. The fourth-order valence-electron chi connectivity index (χ4n) is 10.7. The summed E-state index contributed by atoms with van der Waals surface area (Å²) in [5.41, 5.74) is 15.0. The van der Waals surface area contributed by atoms with Gasteiger partial charge in [-0.1, -0.05) is 146 Å². The number of para-hydroxylation sites is 4. The SMILES string of the molecule is c1ccc(-c2nc(-c3cccc4oc5ccccc5c34)nc(-c3cccc4oc5ccc(-c6cc(-c7ccc8c9ccccc9n(-c9ccccc9)c8c7)cc7oc8ccccc8c67)cc5c34)n2)cc1. The highest BCUT2D eigenvalue weighted by Crippen LogP contribution is 2.45. The van der Waals surface area contributed by atoms with Crippen LogP contribution in [-0.4, -0.2) is 19.5 Å². The molecule has 5 aromatic heterocycles. The largest absolute Gasteiger partial charge is 0.456 e. The van der Waals surface area contributed by atoms with Crippen LogP contribution in [-0.2, 0) is 0 Å². The number of rotatable bonds is 6. The van der Waals surface area contributed by atoms with E-state index < -0.39 is 0 Å². The van der Waals surface area contributed by atoms with Gasteiger partial charge in [0.1, 0.15) is 33.5 Å². The van der Waals surface area contributed by atoms with E-state index in [1.807, 2.05) is 84.9 Å². The molecular weight excluding hydrogens is 861 g/mol. The molecule has 0 aliphatic rings. The minimum absolute atomic E-state index is 0.542. The molecule has 0 N–H and O–H groups in total. The zero-order valence-electron chi connectivity index (χ0n) is 37.3. The van der Waals surface area contributed by atoms with Crippen LogP contribution in [0.4, 0.5) is 0 Å². The lowest BCUT2D eigenvalue weighted by atomic mass is 9.93. The highest BCUT2D eigenvalue weighted by atomic mass is 16.3. The molecular formula is C63H36N4O3. The fourth-order valence-corrected chi connectivity index (χ4v) is 10.7. The van der Waals surface area contributed by atoms with Gasteiger partial charge in [0, 0.05) is 65.5 Å². The average Bonchev–Trinajstić information content (AvgIpc) is 4.19. The van der Waals surface area contributed by atoms with Crippen molar-refractivity contribution < 1.29 is 13.3 Å². The van der Waals surface area contributed by atoms with E-state index in [1.165, 1.54) is 16.3 Å². The van der Waals surface area contributed by atoms with Gasteiger partial charge in [0.25, 0.3) is 0 Å². The zero-order chi connectivity index (χ0) is 45.9. The summed E-state index contributed by atoms with van der Waals surface area (Å²) in [7, 11) is 0. The molecule has 15 aromatic rings. The molecule has 15 rings (SSSR count). The van der Waals surface area contributed by atoms with Crippen LogP contribution in [0.5, 0.6) is 0 Å². The summed E-state index contributed by atoms with van der Waals surface area (Å²) in [6.45, 7) is 0. The molecule has 0 aliphatic heterocycles. The smallest absolute Gasteiger partial charge is 0.164 e. The first-order chi connectivity index (χ1) is 34.7. The summed E-state index contributed by atoms with van der Waals surface area (Å²) in [5.74, 6) is 1.67. The van der Waals surface area contributed by atoms with E-state index in [2.05, 4.69) is 138 Å². The second-order valence-corrected chi connectivity index (χ2v) is 17.9. The Bertz CT molecular complexity index is 4600. The van der Waals surface area contributed by atoms with Crippen molar-refractivity contribution in [2.75, 3.05) is 0 Å². The summed E-state index contributed by atoms with van der Waals surface area (Å²) in [6, 6.07) is 75.7. The van der Waals surface area contributed by atoms with Gasteiger partial charge in [0.05, 0.1) is 11.0 Å². The number of nitrogens with zero attached hydrogens (tertiary/aromatic N) is 4. The van der Waals surface area contributed by atoms with Crippen molar-refractivity contribution in [3.63, 3.8) is 0 Å². The van der Waals surface area contributed by atoms with Gasteiger partial charge in [0.15, 0.2) is 17.5 Å². The van der Waals surface area contributed by atoms with E-state index in [0.29, 0.717) is 17.5 Å². The van der Waals surface area contributed by atoms with Crippen molar-refractivity contribution in [1.82, 2.24) is 19.5 Å². The molecule has 7 nitrogen and oxygen atoms in total. The van der Waals surface area contributed by atoms with Crippen molar-refractivity contribution in [3.8, 4) is 62.1 Å². The summed E-state index contributed by atoms with van der Waals surface area (Å²) in [6.07, 6.45) is 0. The lowest BCUT2D eigenvalue weighted by molar-refractivity contribution is 0.668. The first-order valence-electron chi connectivity index (χ1n) is 23.4. The van der Waals surface area contributed by atoms with Crippen LogP contribution in [0.3, 0.4) is 0 Å². The number of hydrogen-bond acceptors (Lipinski definition) is 6. The number of aromatic nitrogens is 4. The Morgan fingerprint density at radius 3 is 1.51 bits per heavy atom. The van der Waals surface area contributed by atoms with Crippen molar-refractivity contribution >= 4 is 87.6 Å². The predicted octanol–water partition coefficient (Wildman–Crippen LogP) is 17.0. The molecule has 0 amide bonds. The predicted molar refractivity (Wildman–Crippen MR) is 283 cm³/mol. The van der Waals surface area contributed by atoms with Gasteiger partial charge in [-0.05, 0) is 95.1 Å². The third kappa shape index (κ3) is 5.85. The summed E-state index contributed by atoms with van der Waals surface area (Å²) in [4.78, 5) is 15.7. The Kier molecular flexibility index (Phi) is 8.23. The standard InChI is InChI=1S/C63H36N4O3/c1-3-15-37(16-4-1)61-64-62(46-22-13-27-55-58(46)44-20-8-11-25-52(44)68-55)66-63(65-61)47-23-14-28-56-60(47)49-33-39(30-32-54(49)69-56)48-34-40(36-57-59(48)45-21-9-12-26-53(45)70-57)38-29-31-43-42-19-7-10-24-50(42)67(51(43)35-38)41-17-5-2-6-18-41/h1-36H. The second-order valence-electron chi connectivity index (χ2n) is 17.9. The van der Waals surface area contributed by atoms with Crippen molar-refractivity contribution in [2.45, 2.75) is 0 Å². The van der Waals surface area contributed by atoms with Crippen molar-refractivity contribution in [2.24, 2.45) is 0 Å². The minimum Gasteiger partial charge on any atom is -0.456 e. The number of hydrogen-bond donors (Lipinski definition) is 0. The average molecular weight is 897 g/mol. The number of furan rings is 3. The molecule has 0 aliphatic carbocycles. The molecule has 0 bridgehead atoms. The molecule has 0 saturated carbocycles. The van der Waals surface area contributed by atoms with Crippen LogP contribution in [0.2, 0.25) is 0 Å². The Labute approximate surface area is 399 Å². The van der Waals surface area contributed by atoms with Crippen molar-refractivity contribution in [3.05, 3.63) is 218 Å². The quantitative estimate of drug-likeness (QED) is 0.165. The van der Waals surface area contributed by atoms with Gasteiger partial charge >= 0.3 is 0 Å². The van der Waals surface area contributed by atoms with Gasteiger partial charge < -0.3 is 17.8 Å². The minimum atomic E-state index is 0.542. The molecule has 0 saturated heterocycles. The van der Waals surface area contributed by atoms with Crippen LogP contribution in [0.25, 0.3) is 150 Å². The number of benzene rings is 10. The maximum absolute atomic E-state index is 6.71. The van der Waals surface area contributed by atoms with Crippen LogP contribution in [0.15, 0.2) is 232 Å². The first kappa shape index (κ1) is 38.5. The van der Waals surface area contributed by atoms with E-state index in [4.69, 9.17) is 28.2 Å². The molecule has 70 heavy (non-hydrogen) atoms. The third-order valence-electron chi connectivity index (χ3n) is 13.9. The maximum Gasteiger partial charge on any atom is 0.164 e. The lowest BCUT2D eigenvalue weighted by Crippen LogP contribution is -2.00. The monoisotopic (exact) mass is 896 g/mol. The second kappa shape index (κ2) is 15.0. The normalized spacial score (nSPS) is 12.0. The topological polar surface area (TPSA) is 83.0 Å². The summed E-state index contributed by atoms with van der Waals surface area (Å²) in [5, 5.41) is 8.38. The molecule has 5 heterocycles. The first-order valence-corrected chi connectivity index (χ1v) is 23.4. The Morgan fingerprint density at radius 2 is 0.800 bits per heavy atom. The zero-order valence-corrected chi connectivity index (χ0v) is 37.3. The molecule has 0 atom stereocenters.